The Morgan fingerprint density at radius 2 is 1.62 bits per heavy atom. The van der Waals surface area contributed by atoms with E-state index < -0.39 is 0 Å². The lowest BCUT2D eigenvalue weighted by Crippen LogP contribution is -2.35. The number of carbonyl (C=O) groups is 1. The Hall–Kier alpha value is -1.51. The minimum Gasteiger partial charge on any atom is -0.484 e. The van der Waals surface area contributed by atoms with Crippen LogP contribution in [-0.2, 0) is 10.2 Å². The van der Waals surface area contributed by atoms with Gasteiger partial charge in [0.2, 0.25) is 0 Å². The molecule has 0 N–H and O–H groups in total. The van der Waals surface area contributed by atoms with Crippen LogP contribution in [0.4, 0.5) is 0 Å². The zero-order valence-electron chi connectivity index (χ0n) is 13.5. The van der Waals surface area contributed by atoms with Gasteiger partial charge in [0.15, 0.2) is 6.61 Å². The van der Waals surface area contributed by atoms with Crippen LogP contribution in [0.25, 0.3) is 0 Å². The first kappa shape index (κ1) is 15.9. The van der Waals surface area contributed by atoms with E-state index in [4.69, 9.17) is 4.74 Å². The van der Waals surface area contributed by atoms with Crippen molar-refractivity contribution in [2.75, 3.05) is 19.7 Å². The highest BCUT2D eigenvalue weighted by atomic mass is 16.5. The second kappa shape index (κ2) is 6.97. The third-order valence-electron chi connectivity index (χ3n) is 4.04. The Bertz CT molecular complexity index is 451. The van der Waals surface area contributed by atoms with Crippen LogP contribution < -0.4 is 4.74 Å². The molecule has 2 rings (SSSR count). The molecule has 0 aromatic heterocycles. The molecule has 1 heterocycles. The van der Waals surface area contributed by atoms with E-state index in [1.54, 1.807) is 0 Å². The van der Waals surface area contributed by atoms with E-state index in [9.17, 15) is 4.79 Å². The van der Waals surface area contributed by atoms with E-state index in [-0.39, 0.29) is 17.9 Å². The molecular formula is C18H27NO2. The molecule has 1 aromatic rings. The van der Waals surface area contributed by atoms with Crippen LogP contribution in [0.3, 0.4) is 0 Å². The molecule has 1 saturated heterocycles. The molecule has 0 aliphatic carbocycles. The first-order chi connectivity index (χ1) is 9.97. The standard InChI is InChI=1S/C18H27NO2/c1-18(2,3)15-8-10-16(11-9-15)21-14-17(20)19-12-6-4-5-7-13-19/h8-11H,4-7,12-14H2,1-3H3. The molecule has 1 aliphatic heterocycles. The molecule has 0 saturated carbocycles. The van der Waals surface area contributed by atoms with Gasteiger partial charge in [-0.15, -0.1) is 0 Å². The minimum atomic E-state index is 0.108. The van der Waals surface area contributed by atoms with Crippen molar-refractivity contribution in [1.29, 1.82) is 0 Å². The summed E-state index contributed by atoms with van der Waals surface area (Å²) in [5.74, 6) is 0.878. The molecule has 0 unspecified atom stereocenters. The van der Waals surface area contributed by atoms with Crippen molar-refractivity contribution in [1.82, 2.24) is 4.90 Å². The maximum absolute atomic E-state index is 12.2. The van der Waals surface area contributed by atoms with E-state index in [0.29, 0.717) is 0 Å². The molecule has 0 atom stereocenters. The van der Waals surface area contributed by atoms with Crippen molar-refractivity contribution in [2.45, 2.75) is 51.9 Å². The van der Waals surface area contributed by atoms with Gasteiger partial charge in [0.25, 0.3) is 5.91 Å². The third kappa shape index (κ3) is 4.76. The molecule has 21 heavy (non-hydrogen) atoms. The first-order valence-electron chi connectivity index (χ1n) is 7.98. The van der Waals surface area contributed by atoms with Gasteiger partial charge in [-0.1, -0.05) is 45.7 Å². The number of carbonyl (C=O) groups excluding carboxylic acids is 1. The first-order valence-corrected chi connectivity index (χ1v) is 7.98. The van der Waals surface area contributed by atoms with Crippen LogP contribution in [-0.4, -0.2) is 30.5 Å². The third-order valence-corrected chi connectivity index (χ3v) is 4.04. The number of ether oxygens (including phenoxy) is 1. The summed E-state index contributed by atoms with van der Waals surface area (Å²) in [5.41, 5.74) is 1.41. The second-order valence-electron chi connectivity index (χ2n) is 6.86. The average Bonchev–Trinajstić information content (AvgIpc) is 2.73. The molecule has 3 heteroatoms. The van der Waals surface area contributed by atoms with Crippen LogP contribution in [0.15, 0.2) is 24.3 Å². The Morgan fingerprint density at radius 1 is 1.05 bits per heavy atom. The molecule has 116 valence electrons. The lowest BCUT2D eigenvalue weighted by Gasteiger charge is -2.21. The van der Waals surface area contributed by atoms with E-state index in [1.807, 2.05) is 17.0 Å². The fourth-order valence-electron chi connectivity index (χ4n) is 2.61. The van der Waals surface area contributed by atoms with Gasteiger partial charge >= 0.3 is 0 Å². The van der Waals surface area contributed by atoms with Gasteiger partial charge in [0.05, 0.1) is 0 Å². The number of hydrogen-bond acceptors (Lipinski definition) is 2. The lowest BCUT2D eigenvalue weighted by molar-refractivity contribution is -0.133. The quantitative estimate of drug-likeness (QED) is 0.848. The van der Waals surface area contributed by atoms with Crippen molar-refractivity contribution in [2.24, 2.45) is 0 Å². The summed E-state index contributed by atoms with van der Waals surface area (Å²) in [6, 6.07) is 8.06. The zero-order chi connectivity index (χ0) is 15.3. The van der Waals surface area contributed by atoms with Crippen molar-refractivity contribution in [3.05, 3.63) is 29.8 Å². The predicted molar refractivity (Wildman–Crippen MR) is 85.7 cm³/mol. The Kier molecular flexibility index (Phi) is 5.27. The predicted octanol–water partition coefficient (Wildman–Crippen LogP) is 3.77. The Balaban J connectivity index is 1.86. The van der Waals surface area contributed by atoms with Crippen molar-refractivity contribution < 1.29 is 9.53 Å². The van der Waals surface area contributed by atoms with Crippen LogP contribution in [0.5, 0.6) is 5.75 Å². The zero-order valence-corrected chi connectivity index (χ0v) is 13.5. The van der Waals surface area contributed by atoms with E-state index >= 15 is 0 Å². The Labute approximate surface area is 128 Å². The van der Waals surface area contributed by atoms with Crippen molar-refractivity contribution in [3.63, 3.8) is 0 Å². The van der Waals surface area contributed by atoms with Gasteiger partial charge in [-0.2, -0.15) is 0 Å². The number of hydrogen-bond donors (Lipinski definition) is 0. The monoisotopic (exact) mass is 289 g/mol. The van der Waals surface area contributed by atoms with Gasteiger partial charge < -0.3 is 9.64 Å². The van der Waals surface area contributed by atoms with Crippen LogP contribution in [0.2, 0.25) is 0 Å². The number of rotatable bonds is 3. The van der Waals surface area contributed by atoms with Crippen LogP contribution in [0.1, 0.15) is 52.0 Å². The van der Waals surface area contributed by atoms with Gasteiger partial charge in [-0.3, -0.25) is 4.79 Å². The minimum absolute atomic E-state index is 0.108. The molecule has 1 fully saturated rings. The molecule has 1 aliphatic rings. The summed E-state index contributed by atoms with van der Waals surface area (Å²) in [6.07, 6.45) is 4.70. The maximum atomic E-state index is 12.2. The lowest BCUT2D eigenvalue weighted by atomic mass is 9.87. The highest BCUT2D eigenvalue weighted by Crippen LogP contribution is 2.24. The van der Waals surface area contributed by atoms with Gasteiger partial charge in [0.1, 0.15) is 5.75 Å². The summed E-state index contributed by atoms with van der Waals surface area (Å²) >= 11 is 0. The number of benzene rings is 1. The summed E-state index contributed by atoms with van der Waals surface area (Å²) < 4.78 is 5.64. The van der Waals surface area contributed by atoms with E-state index in [0.717, 1.165) is 31.7 Å². The normalized spacial score (nSPS) is 16.4. The van der Waals surface area contributed by atoms with Crippen LogP contribution in [0, 0.1) is 0 Å². The number of nitrogens with zero attached hydrogens (tertiary/aromatic N) is 1. The van der Waals surface area contributed by atoms with Gasteiger partial charge in [-0.25, -0.2) is 0 Å². The van der Waals surface area contributed by atoms with Gasteiger partial charge in [0, 0.05) is 13.1 Å². The summed E-state index contributed by atoms with van der Waals surface area (Å²) in [4.78, 5) is 14.1. The highest BCUT2D eigenvalue weighted by Gasteiger charge is 2.16. The molecule has 0 bridgehead atoms. The molecular weight excluding hydrogens is 262 g/mol. The van der Waals surface area contributed by atoms with E-state index in [1.165, 1.54) is 18.4 Å². The fraction of sp³-hybridized carbons (Fsp3) is 0.611. The second-order valence-corrected chi connectivity index (χ2v) is 6.86. The van der Waals surface area contributed by atoms with Crippen molar-refractivity contribution in [3.8, 4) is 5.75 Å². The SMILES string of the molecule is CC(C)(C)c1ccc(OCC(=O)N2CCCCCC2)cc1. The maximum Gasteiger partial charge on any atom is 0.260 e. The van der Waals surface area contributed by atoms with E-state index in [2.05, 4.69) is 32.9 Å². The molecule has 0 radical (unpaired) electrons. The topological polar surface area (TPSA) is 29.5 Å². The summed E-state index contributed by atoms with van der Waals surface area (Å²) in [7, 11) is 0. The smallest absolute Gasteiger partial charge is 0.260 e. The number of likely N-dealkylation sites (tertiary alicyclic amines) is 1. The molecule has 1 amide bonds. The molecule has 3 nitrogen and oxygen atoms in total. The van der Waals surface area contributed by atoms with Crippen molar-refractivity contribution >= 4 is 5.91 Å². The number of amides is 1. The molecule has 1 aromatic carbocycles. The molecule has 0 spiro atoms. The largest absolute Gasteiger partial charge is 0.484 e. The average molecular weight is 289 g/mol. The van der Waals surface area contributed by atoms with Crippen LogP contribution >= 0.6 is 0 Å². The summed E-state index contributed by atoms with van der Waals surface area (Å²) in [6.45, 7) is 8.47. The summed E-state index contributed by atoms with van der Waals surface area (Å²) in [5, 5.41) is 0. The highest BCUT2D eigenvalue weighted by molar-refractivity contribution is 5.77. The Morgan fingerprint density at radius 3 is 2.14 bits per heavy atom. The van der Waals surface area contributed by atoms with Gasteiger partial charge in [-0.05, 0) is 36.0 Å². The fourth-order valence-corrected chi connectivity index (χ4v) is 2.61.